The van der Waals surface area contributed by atoms with Gasteiger partial charge in [-0.25, -0.2) is 58.4 Å². The summed E-state index contributed by atoms with van der Waals surface area (Å²) in [5, 5.41) is 19.7. The second-order valence-corrected chi connectivity index (χ2v) is 41.5. The van der Waals surface area contributed by atoms with Crippen molar-refractivity contribution < 1.29 is 62.7 Å². The molecule has 0 atom stereocenters. The Hall–Kier alpha value is -7.61. The van der Waals surface area contributed by atoms with Gasteiger partial charge < -0.3 is 62.4 Å². The molecule has 1 amide bonds. The fourth-order valence-corrected chi connectivity index (χ4v) is 19.4. The molecule has 0 spiro atoms. The van der Waals surface area contributed by atoms with Gasteiger partial charge in [0.25, 0.3) is 23.8 Å². The van der Waals surface area contributed by atoms with E-state index < -0.39 is 45.7 Å². The van der Waals surface area contributed by atoms with Gasteiger partial charge in [-0.05, 0) is 205 Å². The lowest BCUT2D eigenvalue weighted by Crippen LogP contribution is -2.48. The van der Waals surface area contributed by atoms with E-state index in [2.05, 4.69) is 89.5 Å². The molecule has 6 aromatic rings. The first-order valence-electron chi connectivity index (χ1n) is 42.8. The minimum atomic E-state index is -3.15. The number of nitrogens with zero attached hydrogens (tertiary/aromatic N) is 23. The third kappa shape index (κ3) is 29.0. The van der Waals surface area contributed by atoms with Crippen molar-refractivity contribution in [3.63, 3.8) is 0 Å². The number of nitrogens with one attached hydrogen (secondary N) is 1. The van der Waals surface area contributed by atoms with Crippen molar-refractivity contribution in [2.45, 2.75) is 181 Å². The maximum absolute atomic E-state index is 12.2. The summed E-state index contributed by atoms with van der Waals surface area (Å²) >= 11 is 0. The molecular formula is C77H130N24O14S4. The number of aryl methyl sites for hydroxylation is 6. The molecule has 14 heterocycles. The van der Waals surface area contributed by atoms with Crippen LogP contribution in [0.4, 0.5) is 40.5 Å². The van der Waals surface area contributed by atoms with E-state index in [0.717, 1.165) is 192 Å². The third-order valence-electron chi connectivity index (χ3n) is 23.5. The van der Waals surface area contributed by atoms with Crippen LogP contribution in [0.15, 0.2) is 42.9 Å². The zero-order valence-corrected chi connectivity index (χ0v) is 74.5. The summed E-state index contributed by atoms with van der Waals surface area (Å²) in [5.74, 6) is 9.37. The van der Waals surface area contributed by atoms with Gasteiger partial charge in [-0.1, -0.05) is 13.8 Å². The molecule has 0 unspecified atom stereocenters. The molecule has 0 saturated carbocycles. The number of amides is 1. The number of ether oxygens (including phenoxy) is 1. The van der Waals surface area contributed by atoms with Crippen molar-refractivity contribution >= 4 is 81.9 Å². The Morgan fingerprint density at radius 1 is 0.378 bits per heavy atom. The van der Waals surface area contributed by atoms with E-state index in [1.54, 1.807) is 4.90 Å². The minimum absolute atomic E-state index is 0. The Labute approximate surface area is 704 Å². The molecule has 8 fully saturated rings. The van der Waals surface area contributed by atoms with E-state index in [4.69, 9.17) is 22.8 Å². The van der Waals surface area contributed by atoms with E-state index >= 15 is 0 Å². The molecule has 14 rings (SSSR count). The summed E-state index contributed by atoms with van der Waals surface area (Å²) in [6, 6.07) is 0. The number of carbonyl (C=O) groups excluding carboxylic acids is 1. The summed E-state index contributed by atoms with van der Waals surface area (Å²) < 4.78 is 126. The number of sulfonamides is 4. The minimum Gasteiger partial charge on any atom is -0.444 e. The summed E-state index contributed by atoms with van der Waals surface area (Å²) in [6.07, 6.45) is 35.2. The van der Waals surface area contributed by atoms with E-state index in [1.165, 1.54) is 72.6 Å². The molecule has 8 aliphatic rings. The largest absolute Gasteiger partial charge is 0.444 e. The van der Waals surface area contributed by atoms with Crippen molar-refractivity contribution in [1.29, 1.82) is 0 Å². The van der Waals surface area contributed by atoms with Gasteiger partial charge in [0.1, 0.15) is 5.60 Å². The highest BCUT2D eigenvalue weighted by Crippen LogP contribution is 2.30. The van der Waals surface area contributed by atoms with Crippen LogP contribution in [-0.4, -0.2) is 310 Å². The molecule has 42 heteroatoms. The van der Waals surface area contributed by atoms with Crippen molar-refractivity contribution in [3.8, 4) is 0 Å². The lowest BCUT2D eigenvalue weighted by Gasteiger charge is -2.33. The zero-order chi connectivity index (χ0) is 84.7. The second kappa shape index (κ2) is 43.4. The predicted octanol–water partition coefficient (Wildman–Crippen LogP) is 6.33. The van der Waals surface area contributed by atoms with E-state index in [0.29, 0.717) is 170 Å². The van der Waals surface area contributed by atoms with Crippen LogP contribution in [0, 0.1) is 23.7 Å². The molecule has 8 aliphatic heterocycles. The SMILES string of the molecule is CC(C)(C)OC(=O)N1CCC(CCCc2nc(N3CCN(S(C)(=O)=O)CC3)no2)CC1.CCc1cnc(N2CCC(CCCc3nc(N4CCN(S(C)(=O)=O)CC4)no3)CC2)nc1.CCc1cnc(N2CCC(CCCc3nc(N4CCN(S(C)(=O)=O)CC4)no3)CC2)nc1.CS(=O)(=O)N1CCN(c2noc(CCCC3CCNCC3)n2)CC1.[HH]. The fraction of sp³-hybridized carbons (Fsp3) is 0.779. The van der Waals surface area contributed by atoms with Crippen LogP contribution in [0.2, 0.25) is 0 Å². The van der Waals surface area contributed by atoms with Crippen molar-refractivity contribution in [3.05, 3.63) is 59.5 Å². The molecule has 666 valence electrons. The van der Waals surface area contributed by atoms with Crippen LogP contribution in [0.1, 0.15) is 173 Å². The van der Waals surface area contributed by atoms with Crippen LogP contribution in [-0.2, 0) is 83.4 Å². The molecule has 6 aromatic heterocycles. The number of anilines is 6. The zero-order valence-electron chi connectivity index (χ0n) is 71.3. The average molecular weight is 1740 g/mol. The van der Waals surface area contributed by atoms with Crippen LogP contribution in [0.3, 0.4) is 0 Å². The quantitative estimate of drug-likeness (QED) is 0.0560. The van der Waals surface area contributed by atoms with Gasteiger partial charge in [0.2, 0.25) is 75.6 Å². The Kier molecular flexibility index (Phi) is 33.6. The van der Waals surface area contributed by atoms with Gasteiger partial charge in [0.15, 0.2) is 0 Å². The number of likely N-dealkylation sites (tertiary alicyclic amines) is 1. The lowest BCUT2D eigenvalue weighted by atomic mass is 9.92. The Morgan fingerprint density at radius 3 is 0.866 bits per heavy atom. The molecule has 8 saturated heterocycles. The molecule has 0 aromatic carbocycles. The predicted molar refractivity (Wildman–Crippen MR) is 454 cm³/mol. The number of piperidine rings is 4. The van der Waals surface area contributed by atoms with Gasteiger partial charge in [0.05, 0.1) is 25.0 Å². The number of aromatic nitrogens is 12. The molecular weight excluding hydrogens is 1610 g/mol. The Bertz CT molecular complexity index is 4360. The molecule has 0 radical (unpaired) electrons. The normalized spacial score (nSPS) is 19.6. The molecule has 0 bridgehead atoms. The highest BCUT2D eigenvalue weighted by Gasteiger charge is 2.33. The van der Waals surface area contributed by atoms with Crippen molar-refractivity contribution in [2.75, 3.05) is 211 Å². The van der Waals surface area contributed by atoms with Crippen LogP contribution in [0.5, 0.6) is 0 Å². The smallest absolute Gasteiger partial charge is 0.410 e. The van der Waals surface area contributed by atoms with Gasteiger partial charge in [-0.3, -0.25) is 0 Å². The number of hydrogen-bond acceptors (Lipinski definition) is 33. The first kappa shape index (κ1) is 92.1. The topological polar surface area (TPSA) is 418 Å². The number of carbonyl (C=O) groups is 1. The van der Waals surface area contributed by atoms with Gasteiger partial charge >= 0.3 is 6.09 Å². The summed E-state index contributed by atoms with van der Waals surface area (Å²) in [6.45, 7) is 25.9. The van der Waals surface area contributed by atoms with Crippen LogP contribution >= 0.6 is 0 Å². The summed E-state index contributed by atoms with van der Waals surface area (Å²) in [4.78, 5) is 62.5. The first-order chi connectivity index (χ1) is 56.9. The number of hydrogen-bond donors (Lipinski definition) is 1. The summed E-state index contributed by atoms with van der Waals surface area (Å²) in [7, 11) is -12.5. The van der Waals surface area contributed by atoms with Crippen LogP contribution < -0.4 is 34.7 Å². The first-order valence-corrected chi connectivity index (χ1v) is 50.2. The highest BCUT2D eigenvalue weighted by atomic mass is 32.2. The maximum Gasteiger partial charge on any atom is 0.410 e. The fourth-order valence-electron chi connectivity index (χ4n) is 16.1. The van der Waals surface area contributed by atoms with Gasteiger partial charge in [-0.2, -0.15) is 37.2 Å². The molecule has 38 nitrogen and oxygen atoms in total. The standard InChI is InChI=1S/2C21H33N7O3S.C20H35N5O5S.C15H27N5O3S.H2/c2*1-3-17-15-22-20(23-16-17)26-9-7-18(8-10-26)5-4-6-19-24-21(25-31-19)27-11-13-28(14-12-27)32(2,29)30;1-20(2,3)29-19(26)24-10-8-16(9-11-24)6-5-7-17-21-18(22-30-17)23-12-14-25(15-13-23)31(4,27)28;1-24(21,22)20-11-9-19(10-12-20)15-17-14(23-18-15)4-2-3-13-5-7-16-8-6-13;/h2*15-16,18H,3-14H2,1-2H3;16H,5-15H2,1-4H3;13,16H,2-12H2,1H3;1H. The average Bonchev–Trinajstić information content (AvgIpc) is 1.54. The van der Waals surface area contributed by atoms with Crippen molar-refractivity contribution in [1.82, 2.24) is 87.9 Å². The van der Waals surface area contributed by atoms with Crippen molar-refractivity contribution in [2.24, 2.45) is 23.7 Å². The monoisotopic (exact) mass is 1740 g/mol. The molecule has 0 aliphatic carbocycles. The molecule has 1 N–H and O–H groups in total. The highest BCUT2D eigenvalue weighted by molar-refractivity contribution is 7.89. The Balaban J connectivity index is 0.000000169. The lowest BCUT2D eigenvalue weighted by molar-refractivity contribution is 0.0180. The van der Waals surface area contributed by atoms with E-state index in [1.807, 2.05) is 65.2 Å². The number of rotatable bonds is 28. The second-order valence-electron chi connectivity index (χ2n) is 33.6. The summed E-state index contributed by atoms with van der Waals surface area (Å²) in [5.41, 5.74) is 1.88. The van der Waals surface area contributed by atoms with E-state index in [-0.39, 0.29) is 7.52 Å². The maximum atomic E-state index is 12.2. The molecule has 119 heavy (non-hydrogen) atoms. The number of piperazine rings is 4. The van der Waals surface area contributed by atoms with Gasteiger partial charge in [0, 0.05) is 196 Å². The van der Waals surface area contributed by atoms with Gasteiger partial charge in [-0.15, -0.1) is 0 Å². The van der Waals surface area contributed by atoms with Crippen LogP contribution in [0.25, 0.3) is 0 Å². The Morgan fingerprint density at radius 2 is 0.622 bits per heavy atom. The van der Waals surface area contributed by atoms with E-state index in [9.17, 15) is 38.5 Å². The third-order valence-corrected chi connectivity index (χ3v) is 28.7.